The van der Waals surface area contributed by atoms with Crippen LogP contribution in [0.3, 0.4) is 0 Å². The Morgan fingerprint density at radius 2 is 2.05 bits per heavy atom. The van der Waals surface area contributed by atoms with E-state index in [1.165, 1.54) is 27.7 Å². The summed E-state index contributed by atoms with van der Waals surface area (Å²) in [5, 5.41) is 1.30. The highest BCUT2D eigenvalue weighted by molar-refractivity contribution is 5.88. The van der Waals surface area contributed by atoms with E-state index >= 15 is 0 Å². The first kappa shape index (κ1) is 14.2. The number of aromatic nitrogens is 1. The van der Waals surface area contributed by atoms with Gasteiger partial charge in [0.15, 0.2) is 0 Å². The first-order chi connectivity index (χ1) is 9.79. The molecular formula is C18H24N2O. The van der Waals surface area contributed by atoms with Crippen LogP contribution < -0.4 is 5.73 Å². The van der Waals surface area contributed by atoms with Crippen LogP contribution in [0.25, 0.3) is 10.9 Å². The normalized spacial score (nSPS) is 18.8. The van der Waals surface area contributed by atoms with E-state index in [2.05, 4.69) is 50.6 Å². The van der Waals surface area contributed by atoms with Crippen molar-refractivity contribution in [2.45, 2.75) is 45.4 Å². The van der Waals surface area contributed by atoms with Crippen molar-refractivity contribution in [2.24, 2.45) is 18.7 Å². The zero-order valence-corrected chi connectivity index (χ0v) is 13.4. The lowest BCUT2D eigenvalue weighted by Crippen LogP contribution is -2.28. The van der Waals surface area contributed by atoms with Crippen LogP contribution in [0.4, 0.5) is 0 Å². The molecule has 1 amide bonds. The lowest BCUT2D eigenvalue weighted by molar-refractivity contribution is -0.122. The fourth-order valence-corrected chi connectivity index (χ4v) is 3.49. The molecule has 3 heteroatoms. The largest absolute Gasteiger partial charge is 0.369 e. The molecule has 0 saturated carbocycles. The molecule has 0 bridgehead atoms. The number of nitrogens with two attached hydrogens (primary N) is 1. The second-order valence-electron chi connectivity index (χ2n) is 7.31. The number of rotatable bonds is 1. The van der Waals surface area contributed by atoms with E-state index < -0.39 is 0 Å². The summed E-state index contributed by atoms with van der Waals surface area (Å²) in [7, 11) is 2.13. The average molecular weight is 284 g/mol. The number of benzene rings is 1. The predicted molar refractivity (Wildman–Crippen MR) is 86.3 cm³/mol. The Hall–Kier alpha value is -1.77. The molecule has 2 aromatic rings. The molecule has 0 fully saturated rings. The molecule has 0 saturated heterocycles. The minimum atomic E-state index is -0.162. The highest BCUT2D eigenvalue weighted by atomic mass is 16.1. The van der Waals surface area contributed by atoms with Crippen molar-refractivity contribution in [2.75, 3.05) is 0 Å². The number of carbonyl (C=O) groups excluding carboxylic acids is 1. The number of fused-ring (bicyclic) bond motifs is 3. The van der Waals surface area contributed by atoms with E-state index in [4.69, 9.17) is 5.73 Å². The Balaban J connectivity index is 2.19. The molecule has 3 nitrogen and oxygen atoms in total. The Bertz CT molecular complexity index is 719. The van der Waals surface area contributed by atoms with Crippen LogP contribution >= 0.6 is 0 Å². The molecule has 0 radical (unpaired) electrons. The second-order valence-corrected chi connectivity index (χ2v) is 7.31. The van der Waals surface area contributed by atoms with Crippen molar-refractivity contribution in [3.63, 3.8) is 0 Å². The molecule has 2 N–H and O–H groups in total. The molecular weight excluding hydrogens is 260 g/mol. The molecule has 1 aliphatic carbocycles. The number of hydrogen-bond acceptors (Lipinski definition) is 1. The number of aryl methyl sites for hydroxylation is 1. The number of hydrogen-bond donors (Lipinski definition) is 1. The summed E-state index contributed by atoms with van der Waals surface area (Å²) in [5.41, 5.74) is 11.0. The molecule has 1 aliphatic rings. The number of amides is 1. The van der Waals surface area contributed by atoms with E-state index in [1.807, 2.05) is 0 Å². The van der Waals surface area contributed by atoms with Crippen LogP contribution in [0.15, 0.2) is 18.2 Å². The highest BCUT2D eigenvalue weighted by Gasteiger charge is 2.28. The van der Waals surface area contributed by atoms with Crippen molar-refractivity contribution in [1.29, 1.82) is 0 Å². The van der Waals surface area contributed by atoms with E-state index in [1.54, 1.807) is 0 Å². The fraction of sp³-hybridized carbons (Fsp3) is 0.500. The maximum Gasteiger partial charge on any atom is 0.220 e. The number of nitrogens with zero attached hydrogens (tertiary/aromatic N) is 1. The number of carbonyl (C=O) groups is 1. The standard InChI is InChI=1S/C18H24N2O/c1-18(2,3)12-6-8-16-14(10-12)13-9-11(17(19)21)5-7-15(13)20(16)4/h6,8,10-11H,5,7,9H2,1-4H3,(H2,19,21). The van der Waals surface area contributed by atoms with Gasteiger partial charge in [0, 0.05) is 29.6 Å². The van der Waals surface area contributed by atoms with Crippen molar-refractivity contribution in [3.05, 3.63) is 35.0 Å². The maximum absolute atomic E-state index is 11.5. The van der Waals surface area contributed by atoms with Gasteiger partial charge < -0.3 is 10.3 Å². The van der Waals surface area contributed by atoms with Gasteiger partial charge >= 0.3 is 0 Å². The summed E-state index contributed by atoms with van der Waals surface area (Å²) in [5.74, 6) is -0.175. The smallest absolute Gasteiger partial charge is 0.220 e. The summed E-state index contributed by atoms with van der Waals surface area (Å²) in [6.07, 6.45) is 2.60. The van der Waals surface area contributed by atoms with Crippen molar-refractivity contribution in [3.8, 4) is 0 Å². The first-order valence-corrected chi connectivity index (χ1v) is 7.69. The van der Waals surface area contributed by atoms with Crippen molar-refractivity contribution >= 4 is 16.8 Å². The SMILES string of the molecule is Cn1c2c(c3cc(C(C)(C)C)ccc31)CC(C(N)=O)CC2. The Kier molecular flexibility index (Phi) is 3.12. The molecule has 1 aromatic heterocycles. The monoisotopic (exact) mass is 284 g/mol. The topological polar surface area (TPSA) is 48.0 Å². The third-order valence-corrected chi connectivity index (χ3v) is 4.88. The van der Waals surface area contributed by atoms with Gasteiger partial charge in [-0.3, -0.25) is 4.79 Å². The van der Waals surface area contributed by atoms with Gasteiger partial charge in [0.25, 0.3) is 0 Å². The summed E-state index contributed by atoms with van der Waals surface area (Å²) in [6.45, 7) is 6.70. The fourth-order valence-electron chi connectivity index (χ4n) is 3.49. The van der Waals surface area contributed by atoms with Gasteiger partial charge in [0.2, 0.25) is 5.91 Å². The van der Waals surface area contributed by atoms with Crippen molar-refractivity contribution < 1.29 is 4.79 Å². The molecule has 3 rings (SSSR count). The molecule has 1 unspecified atom stereocenters. The maximum atomic E-state index is 11.5. The van der Waals surface area contributed by atoms with Crippen LogP contribution in [0, 0.1) is 5.92 Å². The molecule has 21 heavy (non-hydrogen) atoms. The number of primary amides is 1. The van der Waals surface area contributed by atoms with Gasteiger partial charge in [-0.2, -0.15) is 0 Å². The second kappa shape index (κ2) is 4.62. The van der Waals surface area contributed by atoms with Gasteiger partial charge in [0.1, 0.15) is 0 Å². The van der Waals surface area contributed by atoms with E-state index in [9.17, 15) is 4.79 Å². The minimum Gasteiger partial charge on any atom is -0.369 e. The molecule has 0 aliphatic heterocycles. The Labute approximate surface area is 126 Å². The summed E-state index contributed by atoms with van der Waals surface area (Å²) < 4.78 is 2.29. The summed E-state index contributed by atoms with van der Waals surface area (Å²) in [4.78, 5) is 11.5. The van der Waals surface area contributed by atoms with Gasteiger partial charge in [-0.15, -0.1) is 0 Å². The molecule has 112 valence electrons. The van der Waals surface area contributed by atoms with Crippen LogP contribution in [0.5, 0.6) is 0 Å². The van der Waals surface area contributed by atoms with Crippen LogP contribution in [-0.4, -0.2) is 10.5 Å². The lowest BCUT2D eigenvalue weighted by atomic mass is 9.83. The third-order valence-electron chi connectivity index (χ3n) is 4.88. The zero-order chi connectivity index (χ0) is 15.4. The summed E-state index contributed by atoms with van der Waals surface area (Å²) >= 11 is 0. The minimum absolute atomic E-state index is 0.0126. The zero-order valence-electron chi connectivity index (χ0n) is 13.4. The van der Waals surface area contributed by atoms with Crippen LogP contribution in [-0.2, 0) is 30.1 Å². The van der Waals surface area contributed by atoms with Gasteiger partial charge in [-0.05, 0) is 47.9 Å². The van der Waals surface area contributed by atoms with Gasteiger partial charge in [-0.1, -0.05) is 26.8 Å². The molecule has 1 atom stereocenters. The molecule has 0 spiro atoms. The Morgan fingerprint density at radius 1 is 1.33 bits per heavy atom. The van der Waals surface area contributed by atoms with E-state index in [-0.39, 0.29) is 17.2 Å². The quantitative estimate of drug-likeness (QED) is 0.859. The summed E-state index contributed by atoms with van der Waals surface area (Å²) in [6, 6.07) is 6.74. The van der Waals surface area contributed by atoms with E-state index in [0.29, 0.717) is 0 Å². The lowest BCUT2D eigenvalue weighted by Gasteiger charge is -2.21. The van der Waals surface area contributed by atoms with Gasteiger partial charge in [0.05, 0.1) is 0 Å². The first-order valence-electron chi connectivity index (χ1n) is 7.69. The molecule has 1 heterocycles. The van der Waals surface area contributed by atoms with Crippen LogP contribution in [0.2, 0.25) is 0 Å². The highest BCUT2D eigenvalue weighted by Crippen LogP contribution is 2.36. The Morgan fingerprint density at radius 3 is 2.67 bits per heavy atom. The van der Waals surface area contributed by atoms with Crippen molar-refractivity contribution in [1.82, 2.24) is 4.57 Å². The third kappa shape index (κ3) is 2.25. The van der Waals surface area contributed by atoms with Crippen LogP contribution in [0.1, 0.15) is 44.0 Å². The van der Waals surface area contributed by atoms with Gasteiger partial charge in [-0.25, -0.2) is 0 Å². The van der Waals surface area contributed by atoms with E-state index in [0.717, 1.165) is 19.3 Å². The average Bonchev–Trinajstić information content (AvgIpc) is 2.70. The predicted octanol–water partition coefficient (Wildman–Crippen LogP) is 3.07. The molecule has 1 aromatic carbocycles.